The van der Waals surface area contributed by atoms with E-state index in [-0.39, 0.29) is 5.75 Å². The smallest absolute Gasteiger partial charge is 0.406 e. The van der Waals surface area contributed by atoms with E-state index < -0.39 is 6.36 Å². The van der Waals surface area contributed by atoms with Crippen LogP contribution in [0.4, 0.5) is 19.0 Å². The molecule has 0 fully saturated rings. The Balaban J connectivity index is 2.43. The van der Waals surface area contributed by atoms with Crippen molar-refractivity contribution in [2.75, 3.05) is 11.9 Å². The molecule has 1 heterocycles. The fourth-order valence-corrected chi connectivity index (χ4v) is 2.47. The third-order valence-corrected chi connectivity index (χ3v) is 3.41. The number of rotatable bonds is 3. The first-order valence-electron chi connectivity index (χ1n) is 6.77. The summed E-state index contributed by atoms with van der Waals surface area (Å²) in [7, 11) is 1.77. The lowest BCUT2D eigenvalue weighted by atomic mass is 10.1. The largest absolute Gasteiger partial charge is 0.573 e. The Hall–Kier alpha value is -2.27. The van der Waals surface area contributed by atoms with Gasteiger partial charge in [0.1, 0.15) is 11.6 Å². The molecular weight excluding hydrogens is 387 g/mol. The van der Waals surface area contributed by atoms with Crippen molar-refractivity contribution in [3.63, 3.8) is 0 Å². The van der Waals surface area contributed by atoms with Crippen molar-refractivity contribution in [2.24, 2.45) is 0 Å². The van der Waals surface area contributed by atoms with E-state index in [1.807, 2.05) is 6.92 Å². The summed E-state index contributed by atoms with van der Waals surface area (Å²) in [6.07, 6.45) is -4.72. The van der Waals surface area contributed by atoms with E-state index in [2.05, 4.69) is 42.6 Å². The van der Waals surface area contributed by atoms with Crippen molar-refractivity contribution in [1.82, 2.24) is 9.97 Å². The molecule has 0 atom stereocenters. The van der Waals surface area contributed by atoms with Gasteiger partial charge in [0, 0.05) is 24.2 Å². The predicted molar refractivity (Wildman–Crippen MR) is 88.4 cm³/mol. The Morgan fingerprint density at radius 2 is 1.79 bits per heavy atom. The van der Waals surface area contributed by atoms with Crippen molar-refractivity contribution in [3.05, 3.63) is 34.6 Å². The topological polar surface area (TPSA) is 38.2 Å². The average molecular weight is 400 g/mol. The zero-order valence-corrected chi connectivity index (χ0v) is 14.7. The molecule has 0 radical (unpaired) electrons. The summed E-state index contributed by atoms with van der Waals surface area (Å²) >= 11 is 3.25. The van der Waals surface area contributed by atoms with Gasteiger partial charge in [-0.2, -0.15) is 0 Å². The Morgan fingerprint density at radius 1 is 1.17 bits per heavy atom. The highest BCUT2D eigenvalue weighted by Crippen LogP contribution is 2.31. The number of benzene rings is 1. The molecule has 0 saturated heterocycles. The van der Waals surface area contributed by atoms with E-state index in [9.17, 15) is 13.2 Å². The highest BCUT2D eigenvalue weighted by atomic mass is 79.9. The Bertz CT molecular complexity index is 795. The zero-order valence-electron chi connectivity index (χ0n) is 13.1. The molecule has 2 rings (SSSR count). The lowest BCUT2D eigenvalue weighted by Crippen LogP contribution is -2.17. The second-order valence-electron chi connectivity index (χ2n) is 4.78. The maximum Gasteiger partial charge on any atom is 0.573 e. The number of hydrogen-bond donors (Lipinski definition) is 0. The quantitative estimate of drug-likeness (QED) is 0.431. The molecule has 0 spiro atoms. The van der Waals surface area contributed by atoms with Crippen molar-refractivity contribution in [3.8, 4) is 29.0 Å². The number of anilines is 1. The van der Waals surface area contributed by atoms with Gasteiger partial charge in [-0.3, -0.25) is 4.90 Å². The maximum atomic E-state index is 12.2. The van der Waals surface area contributed by atoms with Gasteiger partial charge in [-0.25, -0.2) is 9.97 Å². The van der Waals surface area contributed by atoms with Gasteiger partial charge < -0.3 is 4.74 Å². The summed E-state index contributed by atoms with van der Waals surface area (Å²) < 4.78 is 40.9. The number of nitrogens with zero attached hydrogens (tertiary/aromatic N) is 3. The van der Waals surface area contributed by atoms with Crippen molar-refractivity contribution < 1.29 is 17.9 Å². The second kappa shape index (κ2) is 7.09. The van der Waals surface area contributed by atoms with Crippen molar-refractivity contribution in [2.45, 2.75) is 20.2 Å². The van der Waals surface area contributed by atoms with E-state index in [0.29, 0.717) is 21.8 Å². The van der Waals surface area contributed by atoms with E-state index in [0.717, 1.165) is 5.56 Å². The summed E-state index contributed by atoms with van der Waals surface area (Å²) in [5, 5.41) is 0. The van der Waals surface area contributed by atoms with Crippen molar-refractivity contribution >= 4 is 21.7 Å². The average Bonchev–Trinajstić information content (AvgIpc) is 2.49. The number of ether oxygens (including phenoxy) is 1. The number of hydrogen-bond acceptors (Lipinski definition) is 4. The molecule has 0 bridgehead atoms. The van der Waals surface area contributed by atoms with E-state index in [1.54, 1.807) is 18.9 Å². The van der Waals surface area contributed by atoms with Crippen LogP contribution in [0.3, 0.4) is 0 Å². The standard InChI is InChI=1S/C16H13BrF3N3O/c1-4-9-23(3)14-10(2)13(21-15(17)22-14)11-5-7-12(8-6-11)24-16(18,19)20/h5-8H,1-3H3. The Morgan fingerprint density at radius 3 is 2.33 bits per heavy atom. The molecule has 0 saturated carbocycles. The normalized spacial score (nSPS) is 10.8. The zero-order chi connectivity index (χ0) is 17.9. The number of alkyl halides is 3. The molecule has 1 aromatic heterocycles. The van der Waals surface area contributed by atoms with Gasteiger partial charge in [0.05, 0.1) is 5.69 Å². The van der Waals surface area contributed by atoms with Gasteiger partial charge in [0.25, 0.3) is 0 Å². The van der Waals surface area contributed by atoms with E-state index >= 15 is 0 Å². The van der Waals surface area contributed by atoms with Gasteiger partial charge in [-0.05, 0) is 54.0 Å². The van der Waals surface area contributed by atoms with Crippen molar-refractivity contribution in [1.29, 1.82) is 0 Å². The molecule has 0 aliphatic heterocycles. The van der Waals surface area contributed by atoms with Gasteiger partial charge in [-0.1, -0.05) is 5.92 Å². The lowest BCUT2D eigenvalue weighted by Gasteiger charge is -2.16. The fourth-order valence-electron chi connectivity index (χ4n) is 2.12. The predicted octanol–water partition coefficient (Wildman–Crippen LogP) is 4.53. The first kappa shape index (κ1) is 18.1. The third-order valence-electron chi connectivity index (χ3n) is 3.05. The molecular formula is C16H13BrF3N3O. The van der Waals surface area contributed by atoms with Crippen LogP contribution in [0.2, 0.25) is 0 Å². The third kappa shape index (κ3) is 4.38. The van der Waals surface area contributed by atoms with E-state index in [1.165, 1.54) is 24.3 Å². The van der Waals surface area contributed by atoms with Crippen LogP contribution in [-0.4, -0.2) is 23.4 Å². The van der Waals surface area contributed by atoms with Crippen LogP contribution in [0.25, 0.3) is 11.3 Å². The first-order valence-corrected chi connectivity index (χ1v) is 7.57. The summed E-state index contributed by atoms with van der Waals surface area (Å²) in [6.45, 7) is 3.54. The minimum atomic E-state index is -4.72. The van der Waals surface area contributed by atoms with E-state index in [4.69, 9.17) is 0 Å². The first-order chi connectivity index (χ1) is 11.2. The molecule has 4 nitrogen and oxygen atoms in total. The molecule has 2 aromatic rings. The summed E-state index contributed by atoms with van der Waals surface area (Å²) in [5.74, 6) is 3.10. The summed E-state index contributed by atoms with van der Waals surface area (Å²) in [6, 6.07) is 8.38. The minimum Gasteiger partial charge on any atom is -0.406 e. The second-order valence-corrected chi connectivity index (χ2v) is 5.49. The van der Waals surface area contributed by atoms with Gasteiger partial charge in [0.2, 0.25) is 0 Å². The maximum absolute atomic E-state index is 12.2. The highest BCUT2D eigenvalue weighted by molar-refractivity contribution is 9.10. The molecule has 1 aromatic carbocycles. The molecule has 8 heteroatoms. The van der Waals surface area contributed by atoms with Crippen LogP contribution >= 0.6 is 15.9 Å². The fraction of sp³-hybridized carbons (Fsp3) is 0.250. The molecule has 0 amide bonds. The van der Waals surface area contributed by atoms with Gasteiger partial charge in [0.15, 0.2) is 4.73 Å². The molecule has 0 N–H and O–H groups in total. The summed E-state index contributed by atoms with van der Waals surface area (Å²) in [4.78, 5) is 10.3. The van der Waals surface area contributed by atoms with Gasteiger partial charge in [-0.15, -0.1) is 13.2 Å². The molecule has 0 aliphatic carbocycles. The molecule has 126 valence electrons. The van der Waals surface area contributed by atoms with Crippen LogP contribution in [0.1, 0.15) is 12.5 Å². The minimum absolute atomic E-state index is 0.286. The monoisotopic (exact) mass is 399 g/mol. The van der Waals surface area contributed by atoms with Crippen LogP contribution in [0.15, 0.2) is 29.0 Å². The van der Waals surface area contributed by atoms with Gasteiger partial charge >= 0.3 is 6.36 Å². The van der Waals surface area contributed by atoms with Crippen LogP contribution in [0.5, 0.6) is 5.75 Å². The Kier molecular flexibility index (Phi) is 5.34. The van der Waals surface area contributed by atoms with Crippen LogP contribution in [0, 0.1) is 18.9 Å². The van der Waals surface area contributed by atoms with Crippen LogP contribution < -0.4 is 9.64 Å². The molecule has 0 aliphatic rings. The Labute approximate surface area is 145 Å². The molecule has 24 heavy (non-hydrogen) atoms. The summed E-state index contributed by atoms with van der Waals surface area (Å²) in [5.41, 5.74) is 1.99. The number of halogens is 4. The highest BCUT2D eigenvalue weighted by Gasteiger charge is 2.31. The molecule has 0 unspecified atom stereocenters. The lowest BCUT2D eigenvalue weighted by molar-refractivity contribution is -0.274. The number of aromatic nitrogens is 2. The SMILES string of the molecule is CC#CN(C)c1nc(Br)nc(-c2ccc(OC(F)(F)F)cc2)c1C. The van der Waals surface area contributed by atoms with Crippen LogP contribution in [-0.2, 0) is 0 Å².